The van der Waals surface area contributed by atoms with Gasteiger partial charge in [-0.1, -0.05) is 91.0 Å². The van der Waals surface area contributed by atoms with Crippen LogP contribution in [0.1, 0.15) is 0 Å². The van der Waals surface area contributed by atoms with Gasteiger partial charge in [-0.2, -0.15) is 0 Å². The van der Waals surface area contributed by atoms with Crippen molar-refractivity contribution in [3.05, 3.63) is 140 Å². The molecule has 45 heavy (non-hydrogen) atoms. The third-order valence-corrected chi connectivity index (χ3v) is 10.9. The maximum Gasteiger partial charge on any atom is 0.135 e. The van der Waals surface area contributed by atoms with E-state index in [2.05, 4.69) is 132 Å². The van der Waals surface area contributed by atoms with E-state index in [-0.39, 0.29) is 0 Å². The Morgan fingerprint density at radius 2 is 0.956 bits per heavy atom. The monoisotopic (exact) mass is 589 g/mol. The van der Waals surface area contributed by atoms with E-state index in [0.29, 0.717) is 0 Å². The number of benzene rings is 7. The standard InChI is InChI=1S/C42H23NOS/c1-3-14-34-26(8-1)28-10-6-16-38-40(28)41-29(11-7-17-39(41)45-38)30-12-5-13-31-32-22-24(18-20-35(32)43(34)42(30)31)25-19-21-37-33(23-25)27-9-2-4-15-36(27)44-37/h1-23H. The van der Waals surface area contributed by atoms with Crippen molar-refractivity contribution in [1.82, 2.24) is 4.40 Å². The summed E-state index contributed by atoms with van der Waals surface area (Å²) in [6, 6.07) is 51.2. The van der Waals surface area contributed by atoms with E-state index in [1.807, 2.05) is 23.5 Å². The summed E-state index contributed by atoms with van der Waals surface area (Å²) in [5, 5.41) is 12.7. The molecule has 0 bridgehead atoms. The van der Waals surface area contributed by atoms with E-state index in [4.69, 9.17) is 4.42 Å². The minimum Gasteiger partial charge on any atom is -0.456 e. The van der Waals surface area contributed by atoms with Crippen molar-refractivity contribution in [2.45, 2.75) is 0 Å². The van der Waals surface area contributed by atoms with E-state index in [1.165, 1.54) is 80.2 Å². The largest absolute Gasteiger partial charge is 0.456 e. The van der Waals surface area contributed by atoms with Gasteiger partial charge in [0.05, 0.1) is 16.6 Å². The van der Waals surface area contributed by atoms with Gasteiger partial charge in [-0.05, 0) is 70.4 Å². The summed E-state index contributed by atoms with van der Waals surface area (Å²) in [7, 11) is 0. The molecule has 0 spiro atoms. The number of fused-ring (bicyclic) bond motifs is 10. The zero-order chi connectivity index (χ0) is 29.2. The van der Waals surface area contributed by atoms with Crippen LogP contribution in [0.2, 0.25) is 0 Å². The highest BCUT2D eigenvalue weighted by Crippen LogP contribution is 2.45. The molecule has 0 unspecified atom stereocenters. The molecule has 0 aliphatic carbocycles. The summed E-state index contributed by atoms with van der Waals surface area (Å²) in [4.78, 5) is 0. The van der Waals surface area contributed by atoms with Gasteiger partial charge in [0.1, 0.15) is 11.2 Å². The van der Waals surface area contributed by atoms with E-state index in [1.54, 1.807) is 0 Å². The van der Waals surface area contributed by atoms with Crippen LogP contribution in [0.15, 0.2) is 144 Å². The van der Waals surface area contributed by atoms with E-state index in [0.717, 1.165) is 21.9 Å². The molecule has 11 aromatic rings. The van der Waals surface area contributed by atoms with Crippen molar-refractivity contribution in [3.8, 4) is 11.1 Å². The van der Waals surface area contributed by atoms with Crippen LogP contribution in [-0.4, -0.2) is 4.40 Å². The topological polar surface area (TPSA) is 17.6 Å². The molecule has 3 heteroatoms. The number of nitrogens with zero attached hydrogens (tertiary/aromatic N) is 1. The van der Waals surface area contributed by atoms with Gasteiger partial charge in [0.2, 0.25) is 0 Å². The molecule has 0 aliphatic heterocycles. The van der Waals surface area contributed by atoms with Crippen LogP contribution in [0.25, 0.3) is 102 Å². The summed E-state index contributed by atoms with van der Waals surface area (Å²) >= 11 is 1.89. The fourth-order valence-electron chi connectivity index (χ4n) is 7.83. The third kappa shape index (κ3) is 3.08. The van der Waals surface area contributed by atoms with Gasteiger partial charge >= 0.3 is 0 Å². The average Bonchev–Trinajstić information content (AvgIpc) is 3.77. The number of rotatable bonds is 1. The lowest BCUT2D eigenvalue weighted by atomic mass is 9.99. The van der Waals surface area contributed by atoms with Crippen LogP contribution in [0.5, 0.6) is 0 Å². The summed E-state index contributed by atoms with van der Waals surface area (Å²) in [6.07, 6.45) is 0. The van der Waals surface area contributed by atoms with Crippen LogP contribution in [0.3, 0.4) is 0 Å². The molecule has 0 N–H and O–H groups in total. The zero-order valence-electron chi connectivity index (χ0n) is 24.0. The molecule has 0 fully saturated rings. The summed E-state index contributed by atoms with van der Waals surface area (Å²) in [6.45, 7) is 0. The van der Waals surface area contributed by atoms with Gasteiger partial charge in [0.15, 0.2) is 0 Å². The normalized spacial score (nSPS) is 12.4. The van der Waals surface area contributed by atoms with E-state index < -0.39 is 0 Å². The van der Waals surface area contributed by atoms with Crippen molar-refractivity contribution in [2.24, 2.45) is 0 Å². The van der Waals surface area contributed by atoms with Crippen LogP contribution < -0.4 is 0 Å². The van der Waals surface area contributed by atoms with Gasteiger partial charge < -0.3 is 8.82 Å². The first-order chi connectivity index (χ1) is 22.3. The van der Waals surface area contributed by atoms with Crippen molar-refractivity contribution < 1.29 is 4.42 Å². The highest BCUT2D eigenvalue weighted by molar-refractivity contribution is 7.26. The smallest absolute Gasteiger partial charge is 0.135 e. The molecular formula is C42H23NOS. The number of furan rings is 1. The molecule has 2 nitrogen and oxygen atoms in total. The number of para-hydroxylation sites is 3. The molecule has 208 valence electrons. The molecule has 11 rings (SSSR count). The van der Waals surface area contributed by atoms with Gasteiger partial charge in [-0.3, -0.25) is 0 Å². The molecule has 4 aromatic heterocycles. The molecular weight excluding hydrogens is 567 g/mol. The Labute approximate surface area is 260 Å². The first kappa shape index (κ1) is 23.8. The molecule has 0 radical (unpaired) electrons. The second-order valence-electron chi connectivity index (χ2n) is 12.1. The zero-order valence-corrected chi connectivity index (χ0v) is 24.9. The SMILES string of the molecule is c1ccc2c(c1)oc1ccc(-c3ccc4c(c3)c3cccc5c6cccc7sc8cccc(c9ccccc9n4c53)c8c76)cc12. The lowest BCUT2D eigenvalue weighted by Gasteiger charge is -2.06. The second kappa shape index (κ2) is 8.50. The summed E-state index contributed by atoms with van der Waals surface area (Å²) < 4.78 is 11.3. The molecule has 0 saturated carbocycles. The Bertz CT molecular complexity index is 3040. The number of hydrogen-bond donors (Lipinski definition) is 0. The average molecular weight is 590 g/mol. The minimum absolute atomic E-state index is 0.922. The Morgan fingerprint density at radius 1 is 0.400 bits per heavy atom. The quantitative estimate of drug-likeness (QED) is 0.186. The first-order valence-electron chi connectivity index (χ1n) is 15.4. The van der Waals surface area contributed by atoms with Gasteiger partial charge in [0.25, 0.3) is 0 Å². The fraction of sp³-hybridized carbons (Fsp3) is 0. The summed E-state index contributed by atoms with van der Waals surface area (Å²) in [5.41, 5.74) is 7.92. The molecule has 0 saturated heterocycles. The number of hydrogen-bond acceptors (Lipinski definition) is 2. The first-order valence-corrected chi connectivity index (χ1v) is 16.2. The summed E-state index contributed by atoms with van der Waals surface area (Å²) in [5.74, 6) is 0. The van der Waals surface area contributed by atoms with Crippen molar-refractivity contribution in [3.63, 3.8) is 0 Å². The second-order valence-corrected chi connectivity index (χ2v) is 13.1. The van der Waals surface area contributed by atoms with Crippen LogP contribution in [0, 0.1) is 0 Å². The van der Waals surface area contributed by atoms with Gasteiger partial charge in [-0.25, -0.2) is 0 Å². The van der Waals surface area contributed by atoms with Crippen molar-refractivity contribution >= 4 is 102 Å². The molecule has 0 aliphatic rings. The van der Waals surface area contributed by atoms with E-state index >= 15 is 0 Å². The fourth-order valence-corrected chi connectivity index (χ4v) is 8.99. The van der Waals surface area contributed by atoms with Crippen LogP contribution in [-0.2, 0) is 0 Å². The maximum absolute atomic E-state index is 6.14. The lowest BCUT2D eigenvalue weighted by Crippen LogP contribution is -1.86. The van der Waals surface area contributed by atoms with Crippen LogP contribution >= 0.6 is 11.3 Å². The number of aromatic nitrogens is 1. The third-order valence-electron chi connectivity index (χ3n) is 9.74. The lowest BCUT2D eigenvalue weighted by molar-refractivity contribution is 0.669. The van der Waals surface area contributed by atoms with Gasteiger partial charge in [-0.15, -0.1) is 11.3 Å². The predicted octanol–water partition coefficient (Wildman–Crippen LogP) is 12.5. The van der Waals surface area contributed by atoms with Crippen molar-refractivity contribution in [2.75, 3.05) is 0 Å². The molecule has 7 aromatic carbocycles. The number of thiophene rings is 1. The highest BCUT2D eigenvalue weighted by Gasteiger charge is 2.18. The molecule has 0 amide bonds. The minimum atomic E-state index is 0.922. The Kier molecular flexibility index (Phi) is 4.49. The Morgan fingerprint density at radius 3 is 1.78 bits per heavy atom. The van der Waals surface area contributed by atoms with E-state index in [9.17, 15) is 0 Å². The van der Waals surface area contributed by atoms with Gasteiger partial charge in [0, 0.05) is 52.5 Å². The Hall–Kier alpha value is -5.64. The van der Waals surface area contributed by atoms with Crippen LogP contribution in [0.4, 0.5) is 0 Å². The Balaban J connectivity index is 1.34. The van der Waals surface area contributed by atoms with Crippen molar-refractivity contribution in [1.29, 1.82) is 0 Å². The highest BCUT2D eigenvalue weighted by atomic mass is 32.1. The molecule has 4 heterocycles. The molecule has 0 atom stereocenters. The predicted molar refractivity (Wildman–Crippen MR) is 193 cm³/mol. The maximum atomic E-state index is 6.14.